The van der Waals surface area contributed by atoms with E-state index in [2.05, 4.69) is 0 Å². The Bertz CT molecular complexity index is 446. The van der Waals surface area contributed by atoms with Crippen molar-refractivity contribution in [1.29, 1.82) is 5.26 Å². The SMILES string of the molecule is N#CCC=Cc1ccc(N)cc1[N+](=O)[O-]. The molecular formula is C10H9N3O2. The molecule has 0 heterocycles. The van der Waals surface area contributed by atoms with Gasteiger partial charge < -0.3 is 5.73 Å². The van der Waals surface area contributed by atoms with Gasteiger partial charge >= 0.3 is 0 Å². The highest BCUT2D eigenvalue weighted by molar-refractivity contribution is 5.65. The molecule has 0 spiro atoms. The van der Waals surface area contributed by atoms with E-state index >= 15 is 0 Å². The summed E-state index contributed by atoms with van der Waals surface area (Å²) in [5.74, 6) is 0. The number of nitriles is 1. The first-order chi connectivity index (χ1) is 7.15. The van der Waals surface area contributed by atoms with E-state index in [0.29, 0.717) is 11.3 Å². The zero-order valence-electron chi connectivity index (χ0n) is 7.88. The second-order valence-corrected chi connectivity index (χ2v) is 2.84. The number of hydrogen-bond acceptors (Lipinski definition) is 4. The number of benzene rings is 1. The van der Waals surface area contributed by atoms with Crippen molar-refractivity contribution in [3.8, 4) is 6.07 Å². The summed E-state index contributed by atoms with van der Waals surface area (Å²) in [6, 6.07) is 6.35. The van der Waals surface area contributed by atoms with Crippen LogP contribution in [0, 0.1) is 21.4 Å². The minimum Gasteiger partial charge on any atom is -0.399 e. The number of anilines is 1. The Balaban J connectivity index is 3.07. The van der Waals surface area contributed by atoms with Gasteiger partial charge in [-0.05, 0) is 12.1 Å². The molecule has 76 valence electrons. The van der Waals surface area contributed by atoms with Crippen LogP contribution in [0.15, 0.2) is 24.3 Å². The number of rotatable bonds is 3. The maximum absolute atomic E-state index is 10.7. The van der Waals surface area contributed by atoms with Gasteiger partial charge in [0.15, 0.2) is 0 Å². The van der Waals surface area contributed by atoms with Crippen LogP contribution in [0.2, 0.25) is 0 Å². The molecule has 0 saturated heterocycles. The molecule has 0 fully saturated rings. The maximum Gasteiger partial charge on any atom is 0.278 e. The first-order valence-electron chi connectivity index (χ1n) is 4.22. The van der Waals surface area contributed by atoms with Gasteiger partial charge in [0.25, 0.3) is 5.69 Å². The van der Waals surface area contributed by atoms with Gasteiger partial charge in [0, 0.05) is 11.8 Å². The summed E-state index contributed by atoms with van der Waals surface area (Å²) in [5, 5.41) is 19.0. The lowest BCUT2D eigenvalue weighted by molar-refractivity contribution is -0.385. The highest BCUT2D eigenvalue weighted by atomic mass is 16.6. The Morgan fingerprint density at radius 2 is 2.33 bits per heavy atom. The van der Waals surface area contributed by atoms with Gasteiger partial charge in [-0.1, -0.05) is 12.2 Å². The van der Waals surface area contributed by atoms with Gasteiger partial charge in [-0.25, -0.2) is 0 Å². The van der Waals surface area contributed by atoms with E-state index in [1.807, 2.05) is 6.07 Å². The normalized spacial score (nSPS) is 10.1. The Morgan fingerprint density at radius 1 is 1.60 bits per heavy atom. The number of nitro groups is 1. The Morgan fingerprint density at radius 3 is 2.93 bits per heavy atom. The summed E-state index contributed by atoms with van der Waals surface area (Å²) >= 11 is 0. The fraction of sp³-hybridized carbons (Fsp3) is 0.100. The molecule has 5 heteroatoms. The third kappa shape index (κ3) is 2.81. The van der Waals surface area contributed by atoms with Crippen molar-refractivity contribution in [3.63, 3.8) is 0 Å². The number of allylic oxidation sites excluding steroid dienone is 1. The predicted molar refractivity (Wildman–Crippen MR) is 56.8 cm³/mol. The van der Waals surface area contributed by atoms with Gasteiger partial charge in [0.1, 0.15) is 0 Å². The van der Waals surface area contributed by atoms with E-state index < -0.39 is 4.92 Å². The number of hydrogen-bond donors (Lipinski definition) is 1. The van der Waals surface area contributed by atoms with Gasteiger partial charge in [0.05, 0.1) is 23.0 Å². The van der Waals surface area contributed by atoms with Crippen LogP contribution in [-0.2, 0) is 0 Å². The topological polar surface area (TPSA) is 93.0 Å². The second kappa shape index (κ2) is 4.77. The molecular weight excluding hydrogens is 194 g/mol. The van der Waals surface area contributed by atoms with Crippen LogP contribution >= 0.6 is 0 Å². The highest BCUT2D eigenvalue weighted by Crippen LogP contribution is 2.22. The lowest BCUT2D eigenvalue weighted by Gasteiger charge is -1.98. The summed E-state index contributed by atoms with van der Waals surface area (Å²) < 4.78 is 0. The molecule has 0 aromatic heterocycles. The zero-order valence-corrected chi connectivity index (χ0v) is 7.88. The Kier molecular flexibility index (Phi) is 3.41. The standard InChI is InChI=1S/C10H9N3O2/c11-6-2-1-3-8-4-5-9(12)7-10(8)13(14)15/h1,3-5,7H,2,12H2. The van der Waals surface area contributed by atoms with Crippen molar-refractivity contribution in [2.24, 2.45) is 0 Å². The van der Waals surface area contributed by atoms with Crippen LogP contribution in [-0.4, -0.2) is 4.92 Å². The van der Waals surface area contributed by atoms with E-state index in [4.69, 9.17) is 11.0 Å². The summed E-state index contributed by atoms with van der Waals surface area (Å²) in [4.78, 5) is 10.2. The van der Waals surface area contributed by atoms with Crippen molar-refractivity contribution >= 4 is 17.5 Å². The lowest BCUT2D eigenvalue weighted by Crippen LogP contribution is -1.93. The first-order valence-corrected chi connectivity index (χ1v) is 4.22. The lowest BCUT2D eigenvalue weighted by atomic mass is 10.1. The number of nitrogen functional groups attached to an aromatic ring is 1. The van der Waals surface area contributed by atoms with Gasteiger partial charge in [-0.15, -0.1) is 0 Å². The molecule has 1 aromatic carbocycles. The molecule has 0 amide bonds. The van der Waals surface area contributed by atoms with Gasteiger partial charge in [0.2, 0.25) is 0 Å². The van der Waals surface area contributed by atoms with Crippen molar-refractivity contribution < 1.29 is 4.92 Å². The van der Waals surface area contributed by atoms with E-state index in [-0.39, 0.29) is 12.1 Å². The first kappa shape index (κ1) is 10.7. The third-order valence-corrected chi connectivity index (χ3v) is 1.76. The quantitative estimate of drug-likeness (QED) is 0.462. The van der Waals surface area contributed by atoms with E-state index in [1.165, 1.54) is 6.07 Å². The van der Waals surface area contributed by atoms with Crippen LogP contribution < -0.4 is 5.73 Å². The molecule has 0 radical (unpaired) electrons. The molecule has 0 bridgehead atoms. The average Bonchev–Trinajstić information content (AvgIpc) is 2.20. The Hall–Kier alpha value is -2.35. The molecule has 0 aliphatic carbocycles. The fourth-order valence-electron chi connectivity index (χ4n) is 1.10. The van der Waals surface area contributed by atoms with Crippen LogP contribution in [0.3, 0.4) is 0 Å². The minimum absolute atomic E-state index is 0.0517. The van der Waals surface area contributed by atoms with E-state index in [0.717, 1.165) is 0 Å². The van der Waals surface area contributed by atoms with Crippen LogP contribution in [0.25, 0.3) is 6.08 Å². The molecule has 1 aromatic rings. The van der Waals surface area contributed by atoms with E-state index in [1.54, 1.807) is 24.3 Å². The fourth-order valence-corrected chi connectivity index (χ4v) is 1.10. The number of nitrogens with two attached hydrogens (primary N) is 1. The zero-order chi connectivity index (χ0) is 11.3. The summed E-state index contributed by atoms with van der Waals surface area (Å²) in [7, 11) is 0. The smallest absolute Gasteiger partial charge is 0.278 e. The monoisotopic (exact) mass is 203 g/mol. The molecule has 15 heavy (non-hydrogen) atoms. The molecule has 1 rings (SSSR count). The predicted octanol–water partition coefficient (Wildman–Crippen LogP) is 2.10. The highest BCUT2D eigenvalue weighted by Gasteiger charge is 2.10. The van der Waals surface area contributed by atoms with Crippen molar-refractivity contribution in [2.75, 3.05) is 5.73 Å². The van der Waals surface area contributed by atoms with Crippen LogP contribution in [0.1, 0.15) is 12.0 Å². The Labute approximate surface area is 86.6 Å². The molecule has 5 nitrogen and oxygen atoms in total. The van der Waals surface area contributed by atoms with Gasteiger partial charge in [-0.2, -0.15) is 5.26 Å². The number of nitro benzene ring substituents is 1. The van der Waals surface area contributed by atoms with Gasteiger partial charge in [-0.3, -0.25) is 10.1 Å². The van der Waals surface area contributed by atoms with Crippen molar-refractivity contribution in [2.45, 2.75) is 6.42 Å². The minimum atomic E-state index is -0.498. The summed E-state index contributed by atoms with van der Waals surface area (Å²) in [6.07, 6.45) is 3.33. The third-order valence-electron chi connectivity index (χ3n) is 1.76. The summed E-state index contributed by atoms with van der Waals surface area (Å²) in [6.45, 7) is 0. The molecule has 0 atom stereocenters. The van der Waals surface area contributed by atoms with Crippen molar-refractivity contribution in [1.82, 2.24) is 0 Å². The van der Waals surface area contributed by atoms with Crippen LogP contribution in [0.4, 0.5) is 11.4 Å². The number of nitrogens with zero attached hydrogens (tertiary/aromatic N) is 2. The second-order valence-electron chi connectivity index (χ2n) is 2.84. The summed E-state index contributed by atoms with van der Waals surface area (Å²) in [5.41, 5.74) is 6.18. The molecule has 0 unspecified atom stereocenters. The van der Waals surface area contributed by atoms with Crippen molar-refractivity contribution in [3.05, 3.63) is 40.0 Å². The largest absolute Gasteiger partial charge is 0.399 e. The van der Waals surface area contributed by atoms with E-state index in [9.17, 15) is 10.1 Å². The molecule has 2 N–H and O–H groups in total. The average molecular weight is 203 g/mol. The maximum atomic E-state index is 10.7. The molecule has 0 aliphatic rings. The molecule has 0 aliphatic heterocycles. The van der Waals surface area contributed by atoms with Crippen LogP contribution in [0.5, 0.6) is 0 Å². The molecule has 0 saturated carbocycles.